The van der Waals surface area contributed by atoms with Crippen LogP contribution in [0.1, 0.15) is 11.1 Å². The van der Waals surface area contributed by atoms with Crippen LogP contribution in [0.5, 0.6) is 0 Å². The number of fused-ring (bicyclic) bond motifs is 1. The lowest BCUT2D eigenvalue weighted by Crippen LogP contribution is -2.21. The molecular weight excluding hydrogens is 282 g/mol. The molecule has 5 nitrogen and oxygen atoms in total. The molecule has 2 aromatic carbocycles. The van der Waals surface area contributed by atoms with Crippen molar-refractivity contribution in [2.45, 2.75) is 20.1 Å². The molecule has 0 fully saturated rings. The molecule has 0 spiro atoms. The van der Waals surface area contributed by atoms with Crippen molar-refractivity contribution in [1.82, 2.24) is 4.57 Å². The molecular formula is C17H15NO4. The number of aromatic nitrogens is 1. The van der Waals surface area contributed by atoms with Gasteiger partial charge in [-0.1, -0.05) is 42.5 Å². The highest BCUT2D eigenvalue weighted by atomic mass is 16.5. The number of hydrogen-bond acceptors (Lipinski definition) is 4. The summed E-state index contributed by atoms with van der Waals surface area (Å²) >= 11 is 0. The zero-order valence-electron chi connectivity index (χ0n) is 12.1. The summed E-state index contributed by atoms with van der Waals surface area (Å²) < 4.78 is 11.7. The first-order chi connectivity index (χ1) is 10.6. The molecule has 112 valence electrons. The summed E-state index contributed by atoms with van der Waals surface area (Å²) in [6.45, 7) is 1.88. The second kappa shape index (κ2) is 5.89. The summed E-state index contributed by atoms with van der Waals surface area (Å²) in [7, 11) is 0. The molecule has 0 saturated carbocycles. The minimum Gasteiger partial charge on any atom is -0.459 e. The van der Waals surface area contributed by atoms with E-state index in [1.54, 1.807) is 12.1 Å². The Bertz CT molecular complexity index is 861. The van der Waals surface area contributed by atoms with Crippen LogP contribution in [-0.2, 0) is 22.7 Å². The predicted molar refractivity (Wildman–Crippen MR) is 81.4 cm³/mol. The quantitative estimate of drug-likeness (QED) is 0.695. The van der Waals surface area contributed by atoms with Crippen LogP contribution >= 0.6 is 0 Å². The van der Waals surface area contributed by atoms with Crippen LogP contribution < -0.4 is 5.76 Å². The number of oxazole rings is 1. The minimum absolute atomic E-state index is 0.163. The zero-order chi connectivity index (χ0) is 15.5. The molecule has 1 heterocycles. The molecule has 0 aliphatic rings. The number of ether oxygens (including phenoxy) is 1. The Morgan fingerprint density at radius 3 is 2.68 bits per heavy atom. The third-order valence-electron chi connectivity index (χ3n) is 3.42. The van der Waals surface area contributed by atoms with E-state index in [0.29, 0.717) is 11.1 Å². The molecule has 0 unspecified atom stereocenters. The van der Waals surface area contributed by atoms with E-state index < -0.39 is 11.7 Å². The number of aryl methyl sites for hydroxylation is 1. The second-order valence-corrected chi connectivity index (χ2v) is 5.02. The normalized spacial score (nSPS) is 10.8. The first kappa shape index (κ1) is 14.1. The number of hydrogen-bond donors (Lipinski definition) is 0. The lowest BCUT2D eigenvalue weighted by Gasteiger charge is -2.06. The Hall–Kier alpha value is -2.82. The summed E-state index contributed by atoms with van der Waals surface area (Å²) in [4.78, 5) is 23.9. The van der Waals surface area contributed by atoms with Crippen molar-refractivity contribution in [2.24, 2.45) is 0 Å². The molecule has 0 aliphatic heterocycles. The number of para-hydroxylation sites is 1. The van der Waals surface area contributed by atoms with Crippen LogP contribution in [-0.4, -0.2) is 10.5 Å². The summed E-state index contributed by atoms with van der Waals surface area (Å²) in [6.07, 6.45) is 0. The Labute approximate surface area is 126 Å². The summed E-state index contributed by atoms with van der Waals surface area (Å²) in [5, 5.41) is 0. The second-order valence-electron chi connectivity index (χ2n) is 5.02. The third-order valence-corrected chi connectivity index (χ3v) is 3.42. The molecule has 0 bridgehead atoms. The Morgan fingerprint density at radius 2 is 1.91 bits per heavy atom. The minimum atomic E-state index is -0.555. The fraction of sp³-hybridized carbons (Fsp3) is 0.176. The first-order valence-corrected chi connectivity index (χ1v) is 6.93. The van der Waals surface area contributed by atoms with Crippen molar-refractivity contribution < 1.29 is 13.9 Å². The van der Waals surface area contributed by atoms with Crippen LogP contribution in [0.25, 0.3) is 11.1 Å². The van der Waals surface area contributed by atoms with Crippen LogP contribution in [0.4, 0.5) is 0 Å². The van der Waals surface area contributed by atoms with Gasteiger partial charge in [0.2, 0.25) is 0 Å². The van der Waals surface area contributed by atoms with Crippen molar-refractivity contribution in [1.29, 1.82) is 0 Å². The average Bonchev–Trinajstić information content (AvgIpc) is 2.83. The van der Waals surface area contributed by atoms with Gasteiger partial charge in [0.05, 0.1) is 5.52 Å². The number of rotatable bonds is 4. The van der Waals surface area contributed by atoms with Gasteiger partial charge < -0.3 is 9.15 Å². The smallest absolute Gasteiger partial charge is 0.420 e. The third kappa shape index (κ3) is 2.79. The molecule has 0 saturated heterocycles. The highest BCUT2D eigenvalue weighted by Crippen LogP contribution is 2.17. The topological polar surface area (TPSA) is 61.4 Å². The first-order valence-electron chi connectivity index (χ1n) is 6.93. The van der Waals surface area contributed by atoms with Crippen LogP contribution in [0.15, 0.2) is 57.7 Å². The van der Waals surface area contributed by atoms with Crippen molar-refractivity contribution in [3.63, 3.8) is 0 Å². The van der Waals surface area contributed by atoms with E-state index >= 15 is 0 Å². The maximum absolute atomic E-state index is 12.0. The van der Waals surface area contributed by atoms with E-state index in [0.717, 1.165) is 11.1 Å². The largest absolute Gasteiger partial charge is 0.459 e. The van der Waals surface area contributed by atoms with Crippen molar-refractivity contribution >= 4 is 17.1 Å². The van der Waals surface area contributed by atoms with Crippen LogP contribution in [0.3, 0.4) is 0 Å². The lowest BCUT2D eigenvalue weighted by molar-refractivity contribution is -0.145. The molecule has 3 rings (SSSR count). The highest BCUT2D eigenvalue weighted by molar-refractivity contribution is 5.79. The van der Waals surface area contributed by atoms with Gasteiger partial charge >= 0.3 is 11.7 Å². The van der Waals surface area contributed by atoms with Crippen LogP contribution in [0.2, 0.25) is 0 Å². The van der Waals surface area contributed by atoms with E-state index in [1.807, 2.05) is 43.3 Å². The summed E-state index contributed by atoms with van der Waals surface area (Å²) in [5.41, 5.74) is 2.88. The fourth-order valence-electron chi connectivity index (χ4n) is 2.36. The van der Waals surface area contributed by atoms with E-state index in [4.69, 9.17) is 9.15 Å². The monoisotopic (exact) mass is 297 g/mol. The van der Waals surface area contributed by atoms with Gasteiger partial charge in [-0.25, -0.2) is 4.79 Å². The number of carbonyl (C=O) groups excluding carboxylic acids is 1. The predicted octanol–water partition coefficient (Wildman–Crippen LogP) is 2.65. The van der Waals surface area contributed by atoms with Gasteiger partial charge in [0.1, 0.15) is 13.2 Å². The zero-order valence-corrected chi connectivity index (χ0v) is 12.1. The van der Waals surface area contributed by atoms with Gasteiger partial charge in [-0.3, -0.25) is 9.36 Å². The molecule has 1 aromatic heterocycles. The van der Waals surface area contributed by atoms with Crippen LogP contribution in [0, 0.1) is 6.92 Å². The van der Waals surface area contributed by atoms with Gasteiger partial charge in [0, 0.05) is 0 Å². The summed E-state index contributed by atoms with van der Waals surface area (Å²) in [5.74, 6) is -1.03. The maximum atomic E-state index is 12.0. The van der Waals surface area contributed by atoms with Gasteiger partial charge in [-0.2, -0.15) is 0 Å². The molecule has 0 N–H and O–H groups in total. The molecule has 0 amide bonds. The molecule has 22 heavy (non-hydrogen) atoms. The van der Waals surface area contributed by atoms with Crippen molar-refractivity contribution in [2.75, 3.05) is 0 Å². The molecule has 0 aliphatic carbocycles. The molecule has 0 atom stereocenters. The molecule has 5 heteroatoms. The Kier molecular flexibility index (Phi) is 3.78. The van der Waals surface area contributed by atoms with Crippen molar-refractivity contribution in [3.05, 3.63) is 70.2 Å². The van der Waals surface area contributed by atoms with Gasteiger partial charge in [0.25, 0.3) is 0 Å². The molecule has 0 radical (unpaired) electrons. The fourth-order valence-corrected chi connectivity index (χ4v) is 2.36. The number of esters is 1. The Balaban J connectivity index is 1.77. The number of nitrogens with zero attached hydrogens (tertiary/aromatic N) is 1. The number of carbonyl (C=O) groups is 1. The van der Waals surface area contributed by atoms with Gasteiger partial charge in [-0.15, -0.1) is 0 Å². The highest BCUT2D eigenvalue weighted by Gasteiger charge is 2.15. The Morgan fingerprint density at radius 1 is 1.14 bits per heavy atom. The standard InChI is InChI=1S/C17H15NO4/c1-12-6-5-9-14-16(12)18(17(20)22-14)10-15(19)21-11-13-7-3-2-4-8-13/h2-9H,10-11H2,1H3. The average molecular weight is 297 g/mol. The summed E-state index contributed by atoms with van der Waals surface area (Å²) in [6, 6.07) is 14.8. The van der Waals surface area contributed by atoms with E-state index in [-0.39, 0.29) is 13.2 Å². The number of benzene rings is 2. The lowest BCUT2D eigenvalue weighted by atomic mass is 10.2. The van der Waals surface area contributed by atoms with Gasteiger partial charge in [0.15, 0.2) is 5.58 Å². The van der Waals surface area contributed by atoms with Crippen molar-refractivity contribution in [3.8, 4) is 0 Å². The van der Waals surface area contributed by atoms with E-state index in [9.17, 15) is 9.59 Å². The SMILES string of the molecule is Cc1cccc2oc(=O)n(CC(=O)OCc3ccccc3)c12. The molecule has 3 aromatic rings. The van der Waals surface area contributed by atoms with E-state index in [2.05, 4.69) is 0 Å². The maximum Gasteiger partial charge on any atom is 0.420 e. The van der Waals surface area contributed by atoms with Gasteiger partial charge in [-0.05, 0) is 24.1 Å². The van der Waals surface area contributed by atoms with E-state index in [1.165, 1.54) is 4.57 Å².